The van der Waals surface area contributed by atoms with Crippen molar-refractivity contribution in [2.24, 2.45) is 5.73 Å². The molecule has 0 aliphatic heterocycles. The standard InChI is InChI=1S/C9H19NS2/c1-2-3-4-5-6-7-8-12-9(10)11/h2-8H2,1H3,(H2,10,11). The molecule has 0 radical (unpaired) electrons. The molecule has 0 saturated carbocycles. The summed E-state index contributed by atoms with van der Waals surface area (Å²) in [5.41, 5.74) is 5.35. The number of nitrogens with two attached hydrogens (primary N) is 1. The SMILES string of the molecule is CCCCCCCCSC(N)=S. The van der Waals surface area contributed by atoms with Gasteiger partial charge in [-0.15, -0.1) is 0 Å². The van der Waals surface area contributed by atoms with Crippen LogP contribution in [0.1, 0.15) is 45.4 Å². The van der Waals surface area contributed by atoms with Gasteiger partial charge in [-0.2, -0.15) is 0 Å². The molecule has 0 fully saturated rings. The van der Waals surface area contributed by atoms with E-state index in [0.29, 0.717) is 4.32 Å². The first-order valence-electron chi connectivity index (χ1n) is 4.69. The normalized spacial score (nSPS) is 10.1. The minimum absolute atomic E-state index is 0.587. The van der Waals surface area contributed by atoms with Gasteiger partial charge < -0.3 is 5.73 Å². The van der Waals surface area contributed by atoms with Gasteiger partial charge in [0, 0.05) is 5.75 Å². The second kappa shape index (κ2) is 9.33. The maximum atomic E-state index is 5.35. The summed E-state index contributed by atoms with van der Waals surface area (Å²) in [6.07, 6.45) is 8.03. The lowest BCUT2D eigenvalue weighted by molar-refractivity contribution is 0.627. The largest absolute Gasteiger partial charge is 0.385 e. The van der Waals surface area contributed by atoms with Gasteiger partial charge in [0.1, 0.15) is 4.32 Å². The van der Waals surface area contributed by atoms with Crippen molar-refractivity contribution in [3.05, 3.63) is 0 Å². The smallest absolute Gasteiger partial charge is 0.131 e. The Balaban J connectivity index is 2.86. The highest BCUT2D eigenvalue weighted by Crippen LogP contribution is 2.09. The Morgan fingerprint density at radius 3 is 2.33 bits per heavy atom. The Morgan fingerprint density at radius 2 is 1.75 bits per heavy atom. The number of hydrogen-bond acceptors (Lipinski definition) is 2. The van der Waals surface area contributed by atoms with E-state index < -0.39 is 0 Å². The van der Waals surface area contributed by atoms with E-state index in [1.165, 1.54) is 38.5 Å². The average Bonchev–Trinajstić information content (AvgIpc) is 2.02. The number of thioether (sulfide) groups is 1. The molecule has 0 heterocycles. The Bertz CT molecular complexity index is 115. The van der Waals surface area contributed by atoms with Crippen LogP contribution in [0.25, 0.3) is 0 Å². The average molecular weight is 205 g/mol. The monoisotopic (exact) mass is 205 g/mol. The molecule has 72 valence electrons. The van der Waals surface area contributed by atoms with E-state index in [9.17, 15) is 0 Å². The maximum absolute atomic E-state index is 5.35. The third-order valence-electron chi connectivity index (χ3n) is 1.74. The Labute approximate surface area is 85.5 Å². The van der Waals surface area contributed by atoms with Gasteiger partial charge in [-0.3, -0.25) is 0 Å². The topological polar surface area (TPSA) is 26.0 Å². The molecule has 0 spiro atoms. The molecule has 0 aliphatic carbocycles. The Morgan fingerprint density at radius 1 is 1.17 bits per heavy atom. The van der Waals surface area contributed by atoms with Crippen molar-refractivity contribution < 1.29 is 0 Å². The second-order valence-corrected chi connectivity index (χ2v) is 4.77. The summed E-state index contributed by atoms with van der Waals surface area (Å²) in [5, 5.41) is 0. The molecular weight excluding hydrogens is 186 g/mol. The molecule has 0 saturated heterocycles. The van der Waals surface area contributed by atoms with Crippen LogP contribution in [-0.2, 0) is 0 Å². The molecule has 1 nitrogen and oxygen atoms in total. The zero-order valence-electron chi connectivity index (χ0n) is 7.84. The fourth-order valence-corrected chi connectivity index (χ4v) is 1.85. The molecule has 2 N–H and O–H groups in total. The molecule has 0 rings (SSSR count). The highest BCUT2D eigenvalue weighted by molar-refractivity contribution is 8.22. The predicted octanol–water partition coefficient (Wildman–Crippen LogP) is 3.32. The van der Waals surface area contributed by atoms with Gasteiger partial charge in [-0.05, 0) is 6.42 Å². The van der Waals surface area contributed by atoms with E-state index in [1.54, 1.807) is 11.8 Å². The molecule has 0 aliphatic rings. The highest BCUT2D eigenvalue weighted by Gasteiger charge is 1.92. The molecular formula is C9H19NS2. The number of hydrogen-bond donors (Lipinski definition) is 1. The molecule has 0 aromatic carbocycles. The summed E-state index contributed by atoms with van der Waals surface area (Å²) in [4.78, 5) is 0. The van der Waals surface area contributed by atoms with Crippen molar-refractivity contribution in [2.75, 3.05) is 5.75 Å². The van der Waals surface area contributed by atoms with Crippen LogP contribution in [0.3, 0.4) is 0 Å². The van der Waals surface area contributed by atoms with E-state index in [0.717, 1.165) is 5.75 Å². The van der Waals surface area contributed by atoms with Crippen LogP contribution in [0.4, 0.5) is 0 Å². The summed E-state index contributed by atoms with van der Waals surface area (Å²) >= 11 is 6.36. The molecule has 12 heavy (non-hydrogen) atoms. The zero-order chi connectivity index (χ0) is 9.23. The molecule has 0 aromatic rings. The minimum atomic E-state index is 0.587. The van der Waals surface area contributed by atoms with Crippen LogP contribution in [0.2, 0.25) is 0 Å². The second-order valence-electron chi connectivity index (χ2n) is 2.94. The van der Waals surface area contributed by atoms with Gasteiger partial charge in [0.2, 0.25) is 0 Å². The first-order chi connectivity index (χ1) is 5.77. The zero-order valence-corrected chi connectivity index (χ0v) is 9.48. The number of thiocarbonyl (C=S) groups is 1. The molecule has 0 amide bonds. The lowest BCUT2D eigenvalue weighted by Gasteiger charge is -1.99. The van der Waals surface area contributed by atoms with E-state index in [1.807, 2.05) is 0 Å². The predicted molar refractivity (Wildman–Crippen MR) is 62.6 cm³/mol. The lowest BCUT2D eigenvalue weighted by atomic mass is 10.1. The van der Waals surface area contributed by atoms with Crippen molar-refractivity contribution in [1.29, 1.82) is 0 Å². The first-order valence-corrected chi connectivity index (χ1v) is 6.09. The third-order valence-corrected chi connectivity index (χ3v) is 2.87. The van der Waals surface area contributed by atoms with Crippen molar-refractivity contribution in [2.45, 2.75) is 45.4 Å². The van der Waals surface area contributed by atoms with E-state index in [2.05, 4.69) is 6.92 Å². The lowest BCUT2D eigenvalue weighted by Crippen LogP contribution is -2.02. The van der Waals surface area contributed by atoms with Gasteiger partial charge in [-0.25, -0.2) is 0 Å². The van der Waals surface area contributed by atoms with Gasteiger partial charge in [-0.1, -0.05) is 63.0 Å². The highest BCUT2D eigenvalue weighted by atomic mass is 32.2. The van der Waals surface area contributed by atoms with E-state index >= 15 is 0 Å². The van der Waals surface area contributed by atoms with Crippen molar-refractivity contribution in [1.82, 2.24) is 0 Å². The molecule has 0 bridgehead atoms. The third kappa shape index (κ3) is 10.2. The minimum Gasteiger partial charge on any atom is -0.385 e. The summed E-state index contributed by atoms with van der Waals surface area (Å²) in [7, 11) is 0. The molecule has 0 atom stereocenters. The van der Waals surface area contributed by atoms with Crippen LogP contribution in [0.5, 0.6) is 0 Å². The Hall–Kier alpha value is 0.240. The van der Waals surface area contributed by atoms with Crippen molar-refractivity contribution >= 4 is 28.3 Å². The molecule has 0 aromatic heterocycles. The fraction of sp³-hybridized carbons (Fsp3) is 0.889. The van der Waals surface area contributed by atoms with Crippen LogP contribution in [-0.4, -0.2) is 10.1 Å². The van der Waals surface area contributed by atoms with E-state index in [4.69, 9.17) is 18.0 Å². The summed E-state index contributed by atoms with van der Waals surface area (Å²) in [6.45, 7) is 2.24. The quantitative estimate of drug-likeness (QED) is 0.510. The fourth-order valence-electron chi connectivity index (χ4n) is 1.06. The van der Waals surface area contributed by atoms with Crippen molar-refractivity contribution in [3.8, 4) is 0 Å². The molecule has 0 unspecified atom stereocenters. The van der Waals surface area contributed by atoms with Gasteiger partial charge in [0.25, 0.3) is 0 Å². The van der Waals surface area contributed by atoms with Crippen LogP contribution >= 0.6 is 24.0 Å². The van der Waals surface area contributed by atoms with Gasteiger partial charge >= 0.3 is 0 Å². The van der Waals surface area contributed by atoms with E-state index in [-0.39, 0.29) is 0 Å². The number of rotatable bonds is 7. The van der Waals surface area contributed by atoms with Crippen molar-refractivity contribution in [3.63, 3.8) is 0 Å². The van der Waals surface area contributed by atoms with Gasteiger partial charge in [0.05, 0.1) is 0 Å². The van der Waals surface area contributed by atoms with Gasteiger partial charge in [0.15, 0.2) is 0 Å². The molecule has 3 heteroatoms. The van der Waals surface area contributed by atoms with Crippen LogP contribution < -0.4 is 5.73 Å². The number of unbranched alkanes of at least 4 members (excludes halogenated alkanes) is 5. The first kappa shape index (κ1) is 12.2. The summed E-state index contributed by atoms with van der Waals surface area (Å²) in [5.74, 6) is 1.10. The Kier molecular flexibility index (Phi) is 9.52. The van der Waals surface area contributed by atoms with Crippen LogP contribution in [0, 0.1) is 0 Å². The summed E-state index contributed by atoms with van der Waals surface area (Å²) in [6, 6.07) is 0. The summed E-state index contributed by atoms with van der Waals surface area (Å²) < 4.78 is 0.587. The van der Waals surface area contributed by atoms with Crippen LogP contribution in [0.15, 0.2) is 0 Å². The maximum Gasteiger partial charge on any atom is 0.131 e.